The molecule has 1 N–H and O–H groups in total. The zero-order valence-electron chi connectivity index (χ0n) is 22.4. The lowest BCUT2D eigenvalue weighted by Gasteiger charge is -2.20. The molecule has 0 unspecified atom stereocenters. The third kappa shape index (κ3) is 7.00. The van der Waals surface area contributed by atoms with Gasteiger partial charge in [0.1, 0.15) is 19.0 Å². The highest BCUT2D eigenvalue weighted by molar-refractivity contribution is 14.1. The van der Waals surface area contributed by atoms with E-state index in [9.17, 15) is 0 Å². The Hall–Kier alpha value is -3.35. The molecular formula is C28H34IN7O3. The van der Waals surface area contributed by atoms with E-state index >= 15 is 0 Å². The molecular weight excluding hydrogens is 609 g/mol. The van der Waals surface area contributed by atoms with Crippen LogP contribution >= 0.6 is 22.6 Å². The predicted molar refractivity (Wildman–Crippen MR) is 162 cm³/mol. The predicted octanol–water partition coefficient (Wildman–Crippen LogP) is 4.90. The van der Waals surface area contributed by atoms with Gasteiger partial charge in [0.2, 0.25) is 17.8 Å². The molecule has 0 amide bonds. The van der Waals surface area contributed by atoms with E-state index in [1.807, 2.05) is 43.3 Å². The number of hydrazone groups is 1. The largest absolute Gasteiger partial charge is 0.493 e. The van der Waals surface area contributed by atoms with Gasteiger partial charge in [-0.2, -0.15) is 20.1 Å². The van der Waals surface area contributed by atoms with E-state index in [1.165, 1.54) is 0 Å². The lowest BCUT2D eigenvalue weighted by molar-refractivity contribution is 0.209. The lowest BCUT2D eigenvalue weighted by Crippen LogP contribution is -2.25. The molecule has 2 aromatic carbocycles. The van der Waals surface area contributed by atoms with Gasteiger partial charge in [-0.3, -0.25) is 0 Å². The number of aryl methyl sites for hydroxylation is 1. The van der Waals surface area contributed by atoms with Crippen molar-refractivity contribution in [2.45, 2.75) is 32.6 Å². The van der Waals surface area contributed by atoms with Gasteiger partial charge in [-0.25, -0.2) is 5.43 Å². The molecule has 0 atom stereocenters. The number of benzene rings is 2. The molecule has 2 saturated heterocycles. The summed E-state index contributed by atoms with van der Waals surface area (Å²) >= 11 is 2.25. The smallest absolute Gasteiger partial charge is 0.250 e. The number of hydrogen-bond acceptors (Lipinski definition) is 10. The second kappa shape index (κ2) is 13.1. The Morgan fingerprint density at radius 3 is 2.18 bits per heavy atom. The Morgan fingerprint density at radius 1 is 0.897 bits per heavy atom. The van der Waals surface area contributed by atoms with Crippen molar-refractivity contribution in [1.82, 2.24) is 15.0 Å². The van der Waals surface area contributed by atoms with E-state index < -0.39 is 0 Å². The van der Waals surface area contributed by atoms with Crippen LogP contribution in [0.15, 0.2) is 41.5 Å². The minimum atomic E-state index is 0.397. The summed E-state index contributed by atoms with van der Waals surface area (Å²) in [6, 6.07) is 11.8. The Labute approximate surface area is 242 Å². The van der Waals surface area contributed by atoms with Crippen molar-refractivity contribution in [3.05, 3.63) is 51.1 Å². The van der Waals surface area contributed by atoms with Crippen LogP contribution in [0.5, 0.6) is 17.2 Å². The van der Waals surface area contributed by atoms with E-state index in [2.05, 4.69) is 52.9 Å². The summed E-state index contributed by atoms with van der Waals surface area (Å²) in [5, 5.41) is 4.43. The van der Waals surface area contributed by atoms with E-state index in [0.717, 1.165) is 72.3 Å². The molecule has 5 rings (SSSR count). The molecule has 2 aliphatic heterocycles. The van der Waals surface area contributed by atoms with Gasteiger partial charge in [0, 0.05) is 26.2 Å². The lowest BCUT2D eigenvalue weighted by atomic mass is 10.2. The molecule has 10 nitrogen and oxygen atoms in total. The van der Waals surface area contributed by atoms with E-state index in [1.54, 1.807) is 13.3 Å². The second-order valence-corrected chi connectivity index (χ2v) is 10.7. The van der Waals surface area contributed by atoms with Gasteiger partial charge in [0.25, 0.3) is 0 Å². The average Bonchev–Trinajstić information content (AvgIpc) is 3.68. The second-order valence-electron chi connectivity index (χ2n) is 9.51. The fraction of sp³-hybridized carbons (Fsp3) is 0.429. The van der Waals surface area contributed by atoms with Gasteiger partial charge >= 0.3 is 0 Å². The van der Waals surface area contributed by atoms with Crippen LogP contribution < -0.4 is 29.4 Å². The van der Waals surface area contributed by atoms with Gasteiger partial charge < -0.3 is 24.0 Å². The van der Waals surface area contributed by atoms with E-state index in [0.29, 0.717) is 42.6 Å². The molecule has 206 valence electrons. The fourth-order valence-corrected chi connectivity index (χ4v) is 5.43. The molecule has 3 heterocycles. The van der Waals surface area contributed by atoms with Crippen molar-refractivity contribution in [3.63, 3.8) is 0 Å². The Kier molecular flexibility index (Phi) is 9.17. The van der Waals surface area contributed by atoms with E-state index in [-0.39, 0.29) is 0 Å². The maximum atomic E-state index is 6.02. The number of nitrogens with zero attached hydrogens (tertiary/aromatic N) is 6. The zero-order chi connectivity index (χ0) is 27.0. The summed E-state index contributed by atoms with van der Waals surface area (Å²) in [7, 11) is 1.63. The number of methoxy groups -OCH3 is 1. The van der Waals surface area contributed by atoms with Gasteiger partial charge in [-0.1, -0.05) is 18.2 Å². The monoisotopic (exact) mass is 643 g/mol. The van der Waals surface area contributed by atoms with Crippen molar-refractivity contribution >= 4 is 46.7 Å². The van der Waals surface area contributed by atoms with Crippen LogP contribution in [-0.2, 0) is 0 Å². The minimum absolute atomic E-state index is 0.397. The summed E-state index contributed by atoms with van der Waals surface area (Å²) in [4.78, 5) is 18.5. The zero-order valence-corrected chi connectivity index (χ0v) is 24.6. The number of hydrogen-bond donors (Lipinski definition) is 1. The summed E-state index contributed by atoms with van der Waals surface area (Å²) < 4.78 is 18.4. The summed E-state index contributed by atoms with van der Waals surface area (Å²) in [5.74, 6) is 4.05. The maximum Gasteiger partial charge on any atom is 0.250 e. The molecule has 0 spiro atoms. The number of para-hydroxylation sites is 1. The molecule has 2 fully saturated rings. The first kappa shape index (κ1) is 27.2. The topological polar surface area (TPSA) is 97.2 Å². The number of anilines is 3. The van der Waals surface area contributed by atoms with Crippen molar-refractivity contribution in [2.75, 3.05) is 61.7 Å². The van der Waals surface area contributed by atoms with Crippen LogP contribution in [-0.4, -0.2) is 67.7 Å². The van der Waals surface area contributed by atoms with Crippen LogP contribution in [0.3, 0.4) is 0 Å². The first-order valence-electron chi connectivity index (χ1n) is 13.3. The number of rotatable bonds is 11. The molecule has 0 bridgehead atoms. The number of halogens is 1. The molecule has 0 aliphatic carbocycles. The van der Waals surface area contributed by atoms with Crippen LogP contribution in [0.2, 0.25) is 0 Å². The third-order valence-electron chi connectivity index (χ3n) is 6.70. The summed E-state index contributed by atoms with van der Waals surface area (Å²) in [6.07, 6.45) is 6.36. The summed E-state index contributed by atoms with van der Waals surface area (Å²) in [6.45, 7) is 6.73. The van der Waals surface area contributed by atoms with Crippen LogP contribution in [0.4, 0.5) is 17.8 Å². The first-order chi connectivity index (χ1) is 19.1. The normalized spacial score (nSPS) is 15.3. The van der Waals surface area contributed by atoms with E-state index in [4.69, 9.17) is 19.2 Å². The molecule has 3 aromatic rings. The van der Waals surface area contributed by atoms with Gasteiger partial charge in [0.05, 0.1) is 16.9 Å². The fourth-order valence-electron chi connectivity index (χ4n) is 4.65. The highest BCUT2D eigenvalue weighted by Crippen LogP contribution is 2.33. The molecule has 0 radical (unpaired) electrons. The standard InChI is InChI=1S/C28H34IN7O3/c1-20-9-3-4-10-23(20)38-15-16-39-25-22(29)17-21(18-24(25)37-2)19-30-34-26-31-27(35-11-5-6-12-35)33-28(32-26)36-13-7-8-14-36/h3-4,9-10,17-19H,5-8,11-16H2,1-2H3,(H,31,32,33,34)/b30-19-. The first-order valence-corrected chi connectivity index (χ1v) is 14.4. The Morgan fingerprint density at radius 2 is 1.54 bits per heavy atom. The third-order valence-corrected chi connectivity index (χ3v) is 7.50. The molecule has 1 aromatic heterocycles. The van der Waals surface area contributed by atoms with Crippen molar-refractivity contribution in [3.8, 4) is 17.2 Å². The van der Waals surface area contributed by atoms with Crippen LogP contribution in [0.1, 0.15) is 36.8 Å². The molecule has 0 saturated carbocycles. The van der Waals surface area contributed by atoms with Gasteiger partial charge in [-0.15, -0.1) is 0 Å². The van der Waals surface area contributed by atoms with Crippen LogP contribution in [0.25, 0.3) is 0 Å². The van der Waals surface area contributed by atoms with Crippen molar-refractivity contribution < 1.29 is 14.2 Å². The van der Waals surface area contributed by atoms with Gasteiger partial charge in [-0.05, 0) is 84.5 Å². The van der Waals surface area contributed by atoms with Gasteiger partial charge in [0.15, 0.2) is 11.5 Å². The molecule has 2 aliphatic rings. The van der Waals surface area contributed by atoms with Crippen LogP contribution in [0, 0.1) is 10.5 Å². The van der Waals surface area contributed by atoms with Crippen molar-refractivity contribution in [1.29, 1.82) is 0 Å². The Bertz CT molecular complexity index is 1260. The number of aromatic nitrogens is 3. The maximum absolute atomic E-state index is 6.02. The quantitative estimate of drug-likeness (QED) is 0.136. The number of nitrogens with one attached hydrogen (secondary N) is 1. The summed E-state index contributed by atoms with van der Waals surface area (Å²) in [5.41, 5.74) is 4.98. The molecule has 39 heavy (non-hydrogen) atoms. The SMILES string of the molecule is COc1cc(/C=N\Nc2nc(N3CCCC3)nc(N3CCCC3)n2)cc(I)c1OCCOc1ccccc1C. The number of ether oxygens (including phenoxy) is 3. The minimum Gasteiger partial charge on any atom is -0.493 e. The molecule has 11 heteroatoms. The highest BCUT2D eigenvalue weighted by atomic mass is 127. The average molecular weight is 644 g/mol. The van der Waals surface area contributed by atoms with Crippen molar-refractivity contribution in [2.24, 2.45) is 5.10 Å². The highest BCUT2D eigenvalue weighted by Gasteiger charge is 2.21. The Balaban J connectivity index is 1.24.